The first kappa shape index (κ1) is 9.00. The smallest absolute Gasteiger partial charge is 0.0724 e. The first-order valence-corrected chi connectivity index (χ1v) is 4.47. The molecule has 1 atom stereocenters. The fraction of sp³-hybridized carbons (Fsp3) is 0.429. The van der Waals surface area contributed by atoms with Gasteiger partial charge in [0.25, 0.3) is 0 Å². The molecular weight excluding hydrogens is 182 g/mol. The molecule has 0 aromatic carbocycles. The van der Waals surface area contributed by atoms with E-state index in [4.69, 9.17) is 22.4 Å². The van der Waals surface area contributed by atoms with Crippen LogP contribution in [0.2, 0.25) is 5.02 Å². The van der Waals surface area contributed by atoms with Crippen LogP contribution in [0.5, 0.6) is 0 Å². The summed E-state index contributed by atoms with van der Waals surface area (Å²) in [5.74, 6) is 0. The van der Waals surface area contributed by atoms with E-state index in [1.165, 1.54) is 11.3 Å². The molecule has 0 bridgehead atoms. The SMILES string of the molecule is CC(N)(CO)c1sccc1Cl. The van der Waals surface area contributed by atoms with Crippen molar-refractivity contribution in [1.29, 1.82) is 0 Å². The molecule has 1 aromatic heterocycles. The molecule has 0 saturated carbocycles. The zero-order valence-corrected chi connectivity index (χ0v) is 7.75. The van der Waals surface area contributed by atoms with Gasteiger partial charge in [0.2, 0.25) is 0 Å². The van der Waals surface area contributed by atoms with Gasteiger partial charge in [0.15, 0.2) is 0 Å². The summed E-state index contributed by atoms with van der Waals surface area (Å²) in [7, 11) is 0. The number of aliphatic hydroxyl groups is 1. The highest BCUT2D eigenvalue weighted by Crippen LogP contribution is 2.30. The molecule has 1 aromatic rings. The number of nitrogens with two attached hydrogens (primary N) is 1. The topological polar surface area (TPSA) is 46.2 Å². The summed E-state index contributed by atoms with van der Waals surface area (Å²) in [4.78, 5) is 0.835. The largest absolute Gasteiger partial charge is 0.394 e. The summed E-state index contributed by atoms with van der Waals surface area (Å²) in [6.07, 6.45) is 0. The van der Waals surface area contributed by atoms with Gasteiger partial charge in [-0.2, -0.15) is 0 Å². The Kier molecular flexibility index (Phi) is 2.54. The van der Waals surface area contributed by atoms with E-state index >= 15 is 0 Å². The van der Waals surface area contributed by atoms with Crippen LogP contribution in [-0.2, 0) is 5.54 Å². The van der Waals surface area contributed by atoms with Crippen molar-refractivity contribution in [3.8, 4) is 0 Å². The minimum Gasteiger partial charge on any atom is -0.394 e. The third kappa shape index (κ3) is 1.73. The van der Waals surface area contributed by atoms with Crippen molar-refractivity contribution in [2.24, 2.45) is 5.73 Å². The van der Waals surface area contributed by atoms with Gasteiger partial charge in [0.05, 0.1) is 17.2 Å². The van der Waals surface area contributed by atoms with Gasteiger partial charge in [-0.3, -0.25) is 0 Å². The first-order valence-electron chi connectivity index (χ1n) is 3.21. The van der Waals surface area contributed by atoms with E-state index in [1.54, 1.807) is 13.0 Å². The van der Waals surface area contributed by atoms with E-state index in [-0.39, 0.29) is 6.61 Å². The fourth-order valence-electron chi connectivity index (χ4n) is 0.773. The number of aliphatic hydroxyl groups excluding tert-OH is 1. The van der Waals surface area contributed by atoms with Crippen molar-refractivity contribution in [2.75, 3.05) is 6.61 Å². The molecule has 3 N–H and O–H groups in total. The molecule has 1 rings (SSSR count). The predicted molar refractivity (Wildman–Crippen MR) is 48.0 cm³/mol. The molecule has 0 aliphatic rings. The van der Waals surface area contributed by atoms with Gasteiger partial charge >= 0.3 is 0 Å². The van der Waals surface area contributed by atoms with Crippen molar-refractivity contribution < 1.29 is 5.11 Å². The lowest BCUT2D eigenvalue weighted by Gasteiger charge is -2.20. The normalized spacial score (nSPS) is 16.4. The summed E-state index contributed by atoms with van der Waals surface area (Å²) in [6, 6.07) is 1.78. The Morgan fingerprint density at radius 3 is 2.82 bits per heavy atom. The van der Waals surface area contributed by atoms with Gasteiger partial charge in [-0.25, -0.2) is 0 Å². The van der Waals surface area contributed by atoms with Gasteiger partial charge in [-0.05, 0) is 18.4 Å². The maximum absolute atomic E-state index is 8.91. The molecular formula is C7H10ClNOS. The van der Waals surface area contributed by atoms with Gasteiger partial charge in [0, 0.05) is 4.88 Å². The zero-order chi connectivity index (χ0) is 8.48. The predicted octanol–water partition coefficient (Wildman–Crippen LogP) is 1.57. The lowest BCUT2D eigenvalue weighted by molar-refractivity contribution is 0.212. The second-order valence-corrected chi connectivity index (χ2v) is 4.00. The summed E-state index contributed by atoms with van der Waals surface area (Å²) >= 11 is 7.29. The molecule has 0 radical (unpaired) electrons. The van der Waals surface area contributed by atoms with E-state index in [2.05, 4.69) is 0 Å². The van der Waals surface area contributed by atoms with Crippen LogP contribution < -0.4 is 5.73 Å². The van der Waals surface area contributed by atoms with Crippen molar-refractivity contribution in [2.45, 2.75) is 12.5 Å². The minimum absolute atomic E-state index is 0.0900. The molecule has 1 heterocycles. The minimum atomic E-state index is -0.703. The van der Waals surface area contributed by atoms with Crippen LogP contribution in [0.25, 0.3) is 0 Å². The molecule has 62 valence electrons. The highest BCUT2D eigenvalue weighted by Gasteiger charge is 2.23. The second-order valence-electron chi connectivity index (χ2n) is 2.67. The average molecular weight is 192 g/mol. The lowest BCUT2D eigenvalue weighted by atomic mass is 10.0. The number of thiophene rings is 1. The maximum atomic E-state index is 8.91. The van der Waals surface area contributed by atoms with E-state index in [9.17, 15) is 0 Å². The molecule has 2 nitrogen and oxygen atoms in total. The van der Waals surface area contributed by atoms with Crippen LogP contribution in [0.4, 0.5) is 0 Å². The number of halogens is 1. The molecule has 1 unspecified atom stereocenters. The van der Waals surface area contributed by atoms with Crippen LogP contribution >= 0.6 is 22.9 Å². The van der Waals surface area contributed by atoms with Crippen molar-refractivity contribution in [1.82, 2.24) is 0 Å². The zero-order valence-electron chi connectivity index (χ0n) is 6.17. The average Bonchev–Trinajstić information content (AvgIpc) is 2.36. The Balaban J connectivity index is 3.00. The maximum Gasteiger partial charge on any atom is 0.0724 e. The van der Waals surface area contributed by atoms with Gasteiger partial charge < -0.3 is 10.8 Å². The molecule has 4 heteroatoms. The number of rotatable bonds is 2. The summed E-state index contributed by atoms with van der Waals surface area (Å²) in [5, 5.41) is 11.4. The number of hydrogen-bond acceptors (Lipinski definition) is 3. The molecule has 0 saturated heterocycles. The summed E-state index contributed by atoms with van der Waals surface area (Å²) in [5.41, 5.74) is 5.06. The quantitative estimate of drug-likeness (QED) is 0.746. The highest BCUT2D eigenvalue weighted by atomic mass is 35.5. The Bertz CT molecular complexity index is 246. The van der Waals surface area contributed by atoms with Crippen molar-refractivity contribution >= 4 is 22.9 Å². The van der Waals surface area contributed by atoms with E-state index in [1.807, 2.05) is 5.38 Å². The number of hydrogen-bond donors (Lipinski definition) is 2. The molecule has 0 fully saturated rings. The highest BCUT2D eigenvalue weighted by molar-refractivity contribution is 7.10. The van der Waals surface area contributed by atoms with Gasteiger partial charge in [-0.15, -0.1) is 11.3 Å². The Morgan fingerprint density at radius 1 is 1.82 bits per heavy atom. The Morgan fingerprint density at radius 2 is 2.45 bits per heavy atom. The molecule has 0 spiro atoms. The fourth-order valence-corrected chi connectivity index (χ4v) is 2.11. The van der Waals surface area contributed by atoms with E-state index < -0.39 is 5.54 Å². The standard InChI is InChI=1S/C7H10ClNOS/c1-7(9,4-10)6-5(8)2-3-11-6/h2-3,10H,4,9H2,1H3. The monoisotopic (exact) mass is 191 g/mol. The molecule has 11 heavy (non-hydrogen) atoms. The molecule has 0 aliphatic heterocycles. The van der Waals surface area contributed by atoms with E-state index in [0.717, 1.165) is 4.88 Å². The lowest BCUT2D eigenvalue weighted by Crippen LogP contribution is -2.36. The van der Waals surface area contributed by atoms with Crippen LogP contribution in [-0.4, -0.2) is 11.7 Å². The summed E-state index contributed by atoms with van der Waals surface area (Å²) in [6.45, 7) is 1.66. The molecule has 0 aliphatic carbocycles. The van der Waals surface area contributed by atoms with Crippen molar-refractivity contribution in [3.05, 3.63) is 21.3 Å². The van der Waals surface area contributed by atoms with Crippen LogP contribution in [0.1, 0.15) is 11.8 Å². The van der Waals surface area contributed by atoms with Crippen LogP contribution in [0.15, 0.2) is 11.4 Å². The Hall–Kier alpha value is -0.0900. The van der Waals surface area contributed by atoms with Crippen molar-refractivity contribution in [3.63, 3.8) is 0 Å². The van der Waals surface area contributed by atoms with Gasteiger partial charge in [0.1, 0.15) is 0 Å². The second kappa shape index (κ2) is 3.11. The van der Waals surface area contributed by atoms with E-state index in [0.29, 0.717) is 5.02 Å². The Labute approximate surface area is 74.6 Å². The molecule has 0 amide bonds. The summed E-state index contributed by atoms with van der Waals surface area (Å²) < 4.78 is 0. The third-order valence-electron chi connectivity index (χ3n) is 1.46. The first-order chi connectivity index (χ1) is 5.08. The van der Waals surface area contributed by atoms with Gasteiger partial charge in [-0.1, -0.05) is 11.6 Å². The third-order valence-corrected chi connectivity index (χ3v) is 3.09. The van der Waals surface area contributed by atoms with Crippen LogP contribution in [0.3, 0.4) is 0 Å². The van der Waals surface area contributed by atoms with Crippen LogP contribution in [0, 0.1) is 0 Å².